The van der Waals surface area contributed by atoms with Gasteiger partial charge in [0, 0.05) is 68.6 Å². The number of nitrogens with zero attached hydrogens (tertiary/aromatic N) is 4. The van der Waals surface area contributed by atoms with E-state index in [1.54, 1.807) is 72.3 Å². The number of esters is 1. The molecule has 12 nitrogen and oxygen atoms in total. The van der Waals surface area contributed by atoms with Gasteiger partial charge in [0.15, 0.2) is 0 Å². The lowest BCUT2D eigenvalue weighted by molar-refractivity contribution is 0.0488. The Hall–Kier alpha value is -5.08. The molecule has 2 amide bonds. The number of amides is 2. The number of nitrogens with one attached hydrogen (secondary N) is 2. The first-order valence-corrected chi connectivity index (χ1v) is 22.2. The molecule has 63 heavy (non-hydrogen) atoms. The van der Waals surface area contributed by atoms with Crippen LogP contribution in [0.3, 0.4) is 0 Å². The van der Waals surface area contributed by atoms with E-state index in [1.807, 2.05) is 35.9 Å². The molecule has 4 aromatic carbocycles. The number of carbonyl (C=O) groups excluding carboxylic acids is 3. The summed E-state index contributed by atoms with van der Waals surface area (Å²) >= 11 is 25.5. The largest absolute Gasteiger partial charge is 0.478 e. The summed E-state index contributed by atoms with van der Waals surface area (Å²) in [6, 6.07) is 24.4. The normalized spacial score (nSPS) is 19.2. The number of carboxylic acids is 1. The second-order valence-corrected chi connectivity index (χ2v) is 18.0. The van der Waals surface area contributed by atoms with E-state index in [0.29, 0.717) is 93.3 Å². The standard InChI is InChI=1S/C47H46Cl4N6O6/c1-4-56-21-18-46(26-56,52-42(58)38-24-32-36(54(38)2)16-14-34(48)40(32)50)31-12-8-29(9-13-31)45(62)63-23-5-20-57-22-19-47(27-57,30-10-6-28(7-11-30)44(60)61)53-43(59)39-25-33-37(55(39)3)17-15-35(49)41(33)51/h6-17,24-25H,4-5,18-23,26-27H2,1-3H3,(H,52,58)(H,53,59)(H,60,61). The fourth-order valence-electron chi connectivity index (χ4n) is 9.15. The number of hydrogen-bond donors (Lipinski definition) is 3. The van der Waals surface area contributed by atoms with E-state index < -0.39 is 23.0 Å². The van der Waals surface area contributed by atoms with Crippen LogP contribution in [0.4, 0.5) is 0 Å². The van der Waals surface area contributed by atoms with Crippen molar-refractivity contribution in [3.8, 4) is 0 Å². The summed E-state index contributed by atoms with van der Waals surface area (Å²) in [6.45, 7) is 6.18. The molecule has 4 heterocycles. The number of hydrogen-bond acceptors (Lipinski definition) is 7. The highest BCUT2D eigenvalue weighted by Gasteiger charge is 2.43. The Balaban J connectivity index is 0.915. The van der Waals surface area contributed by atoms with Crippen molar-refractivity contribution in [2.24, 2.45) is 14.1 Å². The Kier molecular flexibility index (Phi) is 12.6. The first-order valence-electron chi connectivity index (χ1n) is 20.7. The molecule has 8 rings (SSSR count). The van der Waals surface area contributed by atoms with Crippen LogP contribution in [0.1, 0.15) is 79.0 Å². The number of fused-ring (bicyclic) bond motifs is 2. The summed E-state index contributed by atoms with van der Waals surface area (Å²) in [5.74, 6) is -2.04. The summed E-state index contributed by atoms with van der Waals surface area (Å²) in [4.78, 5) is 57.4. The number of likely N-dealkylation sites (N-methyl/N-ethyl adjacent to an activating group) is 1. The molecule has 0 radical (unpaired) electrons. The molecular weight excluding hydrogens is 886 g/mol. The molecule has 0 aliphatic carbocycles. The first-order chi connectivity index (χ1) is 30.1. The van der Waals surface area contributed by atoms with Crippen LogP contribution in [-0.4, -0.2) is 93.7 Å². The van der Waals surface area contributed by atoms with Gasteiger partial charge < -0.3 is 39.4 Å². The van der Waals surface area contributed by atoms with Crippen LogP contribution in [0.25, 0.3) is 21.8 Å². The lowest BCUT2D eigenvalue weighted by atomic mass is 9.88. The third-order valence-electron chi connectivity index (χ3n) is 12.8. The molecule has 2 fully saturated rings. The minimum atomic E-state index is -1.04. The number of carbonyl (C=O) groups is 4. The third-order valence-corrected chi connectivity index (χ3v) is 14.4. The molecule has 2 aliphatic heterocycles. The van der Waals surface area contributed by atoms with Gasteiger partial charge in [0.05, 0.1) is 48.9 Å². The Morgan fingerprint density at radius 1 is 0.667 bits per heavy atom. The summed E-state index contributed by atoms with van der Waals surface area (Å²) in [6.07, 6.45) is 1.80. The molecule has 16 heteroatoms. The second-order valence-electron chi connectivity index (χ2n) is 16.4. The highest BCUT2D eigenvalue weighted by molar-refractivity contribution is 6.46. The Morgan fingerprint density at radius 2 is 1.13 bits per heavy atom. The van der Waals surface area contributed by atoms with Gasteiger partial charge in [-0.25, -0.2) is 9.59 Å². The fourth-order valence-corrected chi connectivity index (χ4v) is 9.91. The zero-order valence-electron chi connectivity index (χ0n) is 34.9. The van der Waals surface area contributed by atoms with Crippen molar-refractivity contribution in [2.45, 2.75) is 37.3 Å². The number of benzene rings is 4. The molecular formula is C47H46Cl4N6O6. The molecule has 328 valence electrons. The van der Waals surface area contributed by atoms with E-state index in [4.69, 9.17) is 51.1 Å². The van der Waals surface area contributed by atoms with Crippen molar-refractivity contribution in [1.82, 2.24) is 29.6 Å². The van der Waals surface area contributed by atoms with Gasteiger partial charge in [0.25, 0.3) is 11.8 Å². The van der Waals surface area contributed by atoms with Crippen molar-refractivity contribution in [3.63, 3.8) is 0 Å². The van der Waals surface area contributed by atoms with Gasteiger partial charge in [0.2, 0.25) is 0 Å². The van der Waals surface area contributed by atoms with E-state index in [0.717, 1.165) is 35.2 Å². The molecule has 2 unspecified atom stereocenters. The lowest BCUT2D eigenvalue weighted by Gasteiger charge is -2.32. The number of carboxylic acid groups (broad SMARTS) is 1. The Morgan fingerprint density at radius 3 is 1.59 bits per heavy atom. The number of aromatic carboxylic acids is 1. The minimum Gasteiger partial charge on any atom is -0.478 e. The zero-order chi connectivity index (χ0) is 44.8. The number of rotatable bonds is 13. The average Bonchev–Trinajstić information content (AvgIpc) is 4.06. The van der Waals surface area contributed by atoms with Crippen molar-refractivity contribution in [3.05, 3.63) is 139 Å². The monoisotopic (exact) mass is 930 g/mol. The smallest absolute Gasteiger partial charge is 0.338 e. The molecule has 0 saturated carbocycles. The summed E-state index contributed by atoms with van der Waals surface area (Å²) in [5.41, 5.74) is 3.11. The van der Waals surface area contributed by atoms with Crippen molar-refractivity contribution in [2.75, 3.05) is 45.9 Å². The van der Waals surface area contributed by atoms with Crippen molar-refractivity contribution >= 4 is 92.0 Å². The van der Waals surface area contributed by atoms with Gasteiger partial charge in [-0.3, -0.25) is 9.59 Å². The van der Waals surface area contributed by atoms with E-state index >= 15 is 0 Å². The van der Waals surface area contributed by atoms with Crippen LogP contribution < -0.4 is 10.6 Å². The van der Waals surface area contributed by atoms with Crippen LogP contribution in [0.5, 0.6) is 0 Å². The molecule has 2 aliphatic rings. The second kappa shape index (κ2) is 17.8. The van der Waals surface area contributed by atoms with Crippen LogP contribution in [0.2, 0.25) is 20.1 Å². The molecule has 0 spiro atoms. The van der Waals surface area contributed by atoms with Crippen LogP contribution in [0, 0.1) is 0 Å². The van der Waals surface area contributed by atoms with Gasteiger partial charge in [-0.15, -0.1) is 0 Å². The number of halogens is 4. The molecule has 2 aromatic heterocycles. The van der Waals surface area contributed by atoms with E-state index in [1.165, 1.54) is 0 Å². The van der Waals surface area contributed by atoms with Crippen LogP contribution in [-0.2, 0) is 29.9 Å². The fraction of sp³-hybridized carbons (Fsp3) is 0.319. The number of aryl methyl sites for hydroxylation is 2. The predicted octanol–water partition coefficient (Wildman–Crippen LogP) is 8.91. The SMILES string of the molecule is CCN1CCC(NC(=O)c2cc3c(Cl)c(Cl)ccc3n2C)(c2ccc(C(=O)OCCCN3CCC(NC(=O)c4cc5c(Cl)c(Cl)ccc5n4C)(c4ccc(C(=O)O)cc4)C3)cc2)C1. The first kappa shape index (κ1) is 44.5. The van der Waals surface area contributed by atoms with Crippen molar-refractivity contribution < 1.29 is 29.0 Å². The third kappa shape index (κ3) is 8.52. The van der Waals surface area contributed by atoms with Gasteiger partial charge in [0.1, 0.15) is 11.4 Å². The van der Waals surface area contributed by atoms with Gasteiger partial charge in [-0.05, 0) is 97.6 Å². The summed E-state index contributed by atoms with van der Waals surface area (Å²) in [7, 11) is 3.62. The maximum Gasteiger partial charge on any atom is 0.338 e. The minimum absolute atomic E-state index is 0.147. The van der Waals surface area contributed by atoms with Crippen LogP contribution >= 0.6 is 46.4 Å². The van der Waals surface area contributed by atoms with E-state index in [-0.39, 0.29) is 24.0 Å². The molecule has 0 bridgehead atoms. The highest BCUT2D eigenvalue weighted by Crippen LogP contribution is 2.38. The highest BCUT2D eigenvalue weighted by atomic mass is 35.5. The predicted molar refractivity (Wildman–Crippen MR) is 247 cm³/mol. The average molecular weight is 933 g/mol. The van der Waals surface area contributed by atoms with Crippen molar-refractivity contribution in [1.29, 1.82) is 0 Å². The van der Waals surface area contributed by atoms with Gasteiger partial charge in [-0.1, -0.05) is 77.6 Å². The summed E-state index contributed by atoms with van der Waals surface area (Å²) < 4.78 is 9.32. The number of likely N-dealkylation sites (tertiary alicyclic amines) is 2. The Labute approximate surface area is 384 Å². The quantitative estimate of drug-likeness (QED) is 0.0772. The summed E-state index contributed by atoms with van der Waals surface area (Å²) in [5, 5.41) is 19.1. The number of aromatic nitrogens is 2. The topological polar surface area (TPSA) is 138 Å². The van der Waals surface area contributed by atoms with E-state index in [2.05, 4.69) is 27.4 Å². The molecule has 2 saturated heterocycles. The lowest BCUT2D eigenvalue weighted by Crippen LogP contribution is -2.48. The zero-order valence-corrected chi connectivity index (χ0v) is 38.0. The van der Waals surface area contributed by atoms with E-state index in [9.17, 15) is 24.3 Å². The molecule has 3 N–H and O–H groups in total. The van der Waals surface area contributed by atoms with Gasteiger partial charge >= 0.3 is 11.9 Å². The maximum absolute atomic E-state index is 14.0. The van der Waals surface area contributed by atoms with Crippen LogP contribution in [0.15, 0.2) is 84.9 Å². The van der Waals surface area contributed by atoms with Gasteiger partial charge in [-0.2, -0.15) is 0 Å². The number of ether oxygens (including phenoxy) is 1. The molecule has 6 aromatic rings. The Bertz CT molecular complexity index is 2770. The molecule has 2 atom stereocenters. The maximum atomic E-state index is 14.0.